The summed E-state index contributed by atoms with van der Waals surface area (Å²) in [6.07, 6.45) is 7.99. The Morgan fingerprint density at radius 1 is 1.06 bits per heavy atom. The van der Waals surface area contributed by atoms with Crippen molar-refractivity contribution >= 4 is 28.6 Å². The average Bonchev–Trinajstić information content (AvgIpc) is 3.40. The molecule has 0 atom stereocenters. The van der Waals surface area contributed by atoms with Crippen molar-refractivity contribution in [3.8, 4) is 0 Å². The Bertz CT molecular complexity index is 1340. The van der Waals surface area contributed by atoms with Crippen LogP contribution in [-0.2, 0) is 19.0 Å². The van der Waals surface area contributed by atoms with Crippen molar-refractivity contribution in [1.29, 1.82) is 0 Å². The number of anilines is 3. The van der Waals surface area contributed by atoms with Crippen molar-refractivity contribution in [2.75, 3.05) is 23.3 Å². The number of nitrogens with zero attached hydrogens (tertiary/aromatic N) is 7. The summed E-state index contributed by atoms with van der Waals surface area (Å²) in [7, 11) is 1.99. The minimum atomic E-state index is 0.0718. The summed E-state index contributed by atoms with van der Waals surface area (Å²) >= 11 is 0. The van der Waals surface area contributed by atoms with Gasteiger partial charge in [0.15, 0.2) is 11.5 Å². The number of hydrogen-bond donors (Lipinski definition) is 1. The highest BCUT2D eigenvalue weighted by Gasteiger charge is 2.24. The second kappa shape index (κ2) is 8.98. The van der Waals surface area contributed by atoms with E-state index in [1.165, 1.54) is 11.1 Å². The molecule has 1 fully saturated rings. The Morgan fingerprint density at radius 3 is 2.51 bits per heavy atom. The van der Waals surface area contributed by atoms with Crippen LogP contribution < -0.4 is 10.2 Å². The molecule has 1 N–H and O–H groups in total. The zero-order valence-electron chi connectivity index (χ0n) is 21.7. The maximum absolute atomic E-state index is 5.03. The highest BCUT2D eigenvalue weighted by Crippen LogP contribution is 2.32. The van der Waals surface area contributed by atoms with Crippen LogP contribution in [0.4, 0.5) is 17.5 Å². The van der Waals surface area contributed by atoms with E-state index in [1.54, 1.807) is 0 Å². The summed E-state index contributed by atoms with van der Waals surface area (Å²) in [6.45, 7) is 13.8. The van der Waals surface area contributed by atoms with Gasteiger partial charge in [-0.2, -0.15) is 9.97 Å². The quantitative estimate of drug-likeness (QED) is 0.434. The fraction of sp³-hybridized carbons (Fsp3) is 0.481. The van der Waals surface area contributed by atoms with E-state index in [0.717, 1.165) is 66.9 Å². The molecule has 1 aliphatic heterocycles. The Labute approximate surface area is 207 Å². The minimum absolute atomic E-state index is 0.0718. The smallest absolute Gasteiger partial charge is 0.229 e. The minimum Gasteiger partial charge on any atom is -0.341 e. The second-order valence-corrected chi connectivity index (χ2v) is 10.9. The molecule has 184 valence electrons. The Hall–Kier alpha value is -3.42. The van der Waals surface area contributed by atoms with E-state index in [4.69, 9.17) is 9.97 Å². The molecule has 0 unspecified atom stereocenters. The number of nitrogens with one attached hydrogen (secondary N) is 1. The van der Waals surface area contributed by atoms with E-state index < -0.39 is 0 Å². The monoisotopic (exact) mass is 472 g/mol. The van der Waals surface area contributed by atoms with Gasteiger partial charge in [0, 0.05) is 44.8 Å². The average molecular weight is 473 g/mol. The van der Waals surface area contributed by atoms with Gasteiger partial charge in [0.25, 0.3) is 0 Å². The van der Waals surface area contributed by atoms with E-state index in [1.807, 2.05) is 24.1 Å². The second-order valence-electron chi connectivity index (χ2n) is 10.9. The van der Waals surface area contributed by atoms with Crippen LogP contribution in [0.2, 0.25) is 0 Å². The predicted octanol–water partition coefficient (Wildman–Crippen LogP) is 5.13. The van der Waals surface area contributed by atoms with Gasteiger partial charge in [-0.25, -0.2) is 9.97 Å². The van der Waals surface area contributed by atoms with Crippen LogP contribution >= 0.6 is 0 Å². The van der Waals surface area contributed by atoms with Gasteiger partial charge < -0.3 is 19.4 Å². The van der Waals surface area contributed by atoms with Gasteiger partial charge in [0.05, 0.1) is 6.33 Å². The van der Waals surface area contributed by atoms with Crippen molar-refractivity contribution < 1.29 is 0 Å². The highest BCUT2D eigenvalue weighted by atomic mass is 15.3. The SMILES string of the molecule is Cc1ccc(C(C)(C)C)cc1Nc1nc(N2CCC(Cn3ccnc3C)CC2)nc2ncn(C)c12. The first-order valence-corrected chi connectivity index (χ1v) is 12.5. The molecule has 8 nitrogen and oxygen atoms in total. The number of piperidine rings is 1. The lowest BCUT2D eigenvalue weighted by Crippen LogP contribution is -2.36. The van der Waals surface area contributed by atoms with Crippen LogP contribution in [0.5, 0.6) is 0 Å². The summed E-state index contributed by atoms with van der Waals surface area (Å²) in [5.41, 5.74) is 5.25. The van der Waals surface area contributed by atoms with Crippen LogP contribution in [-0.4, -0.2) is 42.2 Å². The molecule has 0 radical (unpaired) electrons. The van der Waals surface area contributed by atoms with Crippen molar-refractivity contribution in [2.45, 2.75) is 59.4 Å². The molecule has 3 aromatic heterocycles. The third-order valence-corrected chi connectivity index (χ3v) is 7.19. The summed E-state index contributed by atoms with van der Waals surface area (Å²) in [5, 5.41) is 3.63. The first-order valence-electron chi connectivity index (χ1n) is 12.5. The van der Waals surface area contributed by atoms with E-state index in [2.05, 4.69) is 83.8 Å². The summed E-state index contributed by atoms with van der Waals surface area (Å²) in [6, 6.07) is 6.63. The zero-order chi connectivity index (χ0) is 24.7. The third kappa shape index (κ3) is 4.74. The van der Waals surface area contributed by atoms with E-state index >= 15 is 0 Å². The van der Waals surface area contributed by atoms with Gasteiger partial charge in [-0.1, -0.05) is 32.9 Å². The molecule has 0 bridgehead atoms. The number of rotatable bonds is 5. The third-order valence-electron chi connectivity index (χ3n) is 7.19. The van der Waals surface area contributed by atoms with Crippen LogP contribution in [0.25, 0.3) is 11.2 Å². The molecule has 1 aliphatic rings. The Kier molecular flexibility index (Phi) is 5.99. The Morgan fingerprint density at radius 2 is 1.83 bits per heavy atom. The number of benzene rings is 1. The van der Waals surface area contributed by atoms with E-state index in [0.29, 0.717) is 5.92 Å². The fourth-order valence-corrected chi connectivity index (χ4v) is 4.82. The van der Waals surface area contributed by atoms with Crippen molar-refractivity contribution in [3.05, 3.63) is 53.9 Å². The molecule has 1 aromatic carbocycles. The first-order chi connectivity index (χ1) is 16.7. The topological polar surface area (TPSA) is 76.7 Å². The van der Waals surface area contributed by atoms with Gasteiger partial charge in [-0.15, -0.1) is 0 Å². The number of aryl methyl sites for hydroxylation is 3. The standard InChI is InChI=1S/C27H36N8/c1-18-7-8-21(27(3,4)5)15-22(18)30-25-23-24(29-17-33(23)6)31-26(32-25)34-12-9-20(10-13-34)16-35-14-11-28-19(35)2/h7-8,11,14-15,17,20H,9-10,12-13,16H2,1-6H3,(H,30,31,32). The van der Waals surface area contributed by atoms with E-state index in [-0.39, 0.29) is 5.41 Å². The molecule has 4 aromatic rings. The molecule has 0 spiro atoms. The van der Waals surface area contributed by atoms with Gasteiger partial charge >= 0.3 is 0 Å². The summed E-state index contributed by atoms with van der Waals surface area (Å²) < 4.78 is 4.25. The van der Waals surface area contributed by atoms with Crippen LogP contribution in [0.1, 0.15) is 50.6 Å². The number of imidazole rings is 2. The van der Waals surface area contributed by atoms with E-state index in [9.17, 15) is 0 Å². The molecule has 0 amide bonds. The molecule has 5 rings (SSSR count). The highest BCUT2D eigenvalue weighted by molar-refractivity contribution is 5.87. The fourth-order valence-electron chi connectivity index (χ4n) is 4.82. The zero-order valence-corrected chi connectivity index (χ0v) is 21.7. The van der Waals surface area contributed by atoms with Gasteiger partial charge in [0.2, 0.25) is 5.95 Å². The number of fused-ring (bicyclic) bond motifs is 1. The van der Waals surface area contributed by atoms with Crippen LogP contribution in [0.3, 0.4) is 0 Å². The van der Waals surface area contributed by atoms with Crippen molar-refractivity contribution in [2.24, 2.45) is 13.0 Å². The van der Waals surface area contributed by atoms with Gasteiger partial charge in [-0.3, -0.25) is 0 Å². The molecule has 1 saturated heterocycles. The maximum atomic E-state index is 5.03. The van der Waals surface area contributed by atoms with Crippen LogP contribution in [0.15, 0.2) is 36.9 Å². The molecule has 35 heavy (non-hydrogen) atoms. The largest absolute Gasteiger partial charge is 0.341 e. The molecule has 0 saturated carbocycles. The number of aromatic nitrogens is 6. The maximum Gasteiger partial charge on any atom is 0.229 e. The van der Waals surface area contributed by atoms with Crippen molar-refractivity contribution in [3.63, 3.8) is 0 Å². The Balaban J connectivity index is 1.41. The molecular weight excluding hydrogens is 436 g/mol. The molecule has 8 heteroatoms. The van der Waals surface area contributed by atoms with Gasteiger partial charge in [-0.05, 0) is 55.2 Å². The predicted molar refractivity (Wildman–Crippen MR) is 141 cm³/mol. The van der Waals surface area contributed by atoms with Crippen LogP contribution in [0, 0.1) is 19.8 Å². The summed E-state index contributed by atoms with van der Waals surface area (Å²) in [5.74, 6) is 3.27. The van der Waals surface area contributed by atoms with Crippen molar-refractivity contribution in [1.82, 2.24) is 29.1 Å². The molecular formula is C27H36N8. The normalized spacial score (nSPS) is 15.2. The lowest BCUT2D eigenvalue weighted by atomic mass is 9.86. The first kappa shape index (κ1) is 23.3. The summed E-state index contributed by atoms with van der Waals surface area (Å²) in [4.78, 5) is 21.1. The molecule has 4 heterocycles. The lowest BCUT2D eigenvalue weighted by molar-refractivity contribution is 0.352. The van der Waals surface area contributed by atoms with Gasteiger partial charge in [0.1, 0.15) is 11.3 Å². The number of hydrogen-bond acceptors (Lipinski definition) is 6. The lowest BCUT2D eigenvalue weighted by Gasteiger charge is -2.32. The molecule has 0 aliphatic carbocycles.